The summed E-state index contributed by atoms with van der Waals surface area (Å²) in [5.41, 5.74) is 10.7. The number of hydrogen-bond acceptors (Lipinski definition) is 3. The molecule has 30 heavy (non-hydrogen) atoms. The van der Waals surface area contributed by atoms with Crippen LogP contribution in [0.15, 0.2) is 42.5 Å². The summed E-state index contributed by atoms with van der Waals surface area (Å²) in [5, 5.41) is 4.08. The van der Waals surface area contributed by atoms with E-state index in [0.29, 0.717) is 11.6 Å². The molecule has 3 nitrogen and oxygen atoms in total. The van der Waals surface area contributed by atoms with E-state index in [1.807, 2.05) is 30.0 Å². The van der Waals surface area contributed by atoms with Gasteiger partial charge in [-0.05, 0) is 66.3 Å². The summed E-state index contributed by atoms with van der Waals surface area (Å²) in [6, 6.07) is 14.8. The van der Waals surface area contributed by atoms with Crippen molar-refractivity contribution < 1.29 is 4.79 Å². The number of aryl methyl sites for hydroxylation is 1. The van der Waals surface area contributed by atoms with E-state index in [-0.39, 0.29) is 11.3 Å². The first-order chi connectivity index (χ1) is 14.5. The van der Waals surface area contributed by atoms with Gasteiger partial charge in [-0.25, -0.2) is 0 Å². The molecule has 0 aliphatic heterocycles. The SMILES string of the molecule is CCSC(NC(C)CC1CCCCC1)c1ccc(C(N)=O)c(-c2ccccc2C)c1. The molecule has 3 rings (SSSR count). The number of primary amides is 1. The van der Waals surface area contributed by atoms with E-state index in [9.17, 15) is 4.79 Å². The first kappa shape index (κ1) is 22.9. The molecule has 0 radical (unpaired) electrons. The molecule has 1 saturated carbocycles. The normalized spacial score (nSPS) is 16.9. The van der Waals surface area contributed by atoms with Gasteiger partial charge >= 0.3 is 0 Å². The van der Waals surface area contributed by atoms with Gasteiger partial charge in [-0.2, -0.15) is 0 Å². The van der Waals surface area contributed by atoms with E-state index in [4.69, 9.17) is 5.73 Å². The maximum Gasteiger partial charge on any atom is 0.249 e. The van der Waals surface area contributed by atoms with Crippen molar-refractivity contribution in [1.82, 2.24) is 5.32 Å². The highest BCUT2D eigenvalue weighted by Crippen LogP contribution is 2.34. The predicted octanol–water partition coefficient (Wildman–Crippen LogP) is 6.46. The van der Waals surface area contributed by atoms with Crippen molar-refractivity contribution in [3.8, 4) is 11.1 Å². The zero-order valence-electron chi connectivity index (χ0n) is 18.6. The fraction of sp³-hybridized carbons (Fsp3) is 0.500. The summed E-state index contributed by atoms with van der Waals surface area (Å²) < 4.78 is 0. The summed E-state index contributed by atoms with van der Waals surface area (Å²) >= 11 is 1.91. The third-order valence-electron chi connectivity index (χ3n) is 6.23. The highest BCUT2D eigenvalue weighted by molar-refractivity contribution is 7.99. The van der Waals surface area contributed by atoms with E-state index < -0.39 is 0 Å². The molecule has 2 unspecified atom stereocenters. The number of amides is 1. The smallest absolute Gasteiger partial charge is 0.249 e. The van der Waals surface area contributed by atoms with Gasteiger partial charge in [0.05, 0.1) is 5.37 Å². The highest BCUT2D eigenvalue weighted by atomic mass is 32.2. The van der Waals surface area contributed by atoms with Gasteiger partial charge in [-0.15, -0.1) is 11.8 Å². The van der Waals surface area contributed by atoms with Crippen molar-refractivity contribution in [2.45, 2.75) is 70.7 Å². The fourth-order valence-corrected chi connectivity index (χ4v) is 5.70. The fourth-order valence-electron chi connectivity index (χ4n) is 4.69. The van der Waals surface area contributed by atoms with Crippen molar-refractivity contribution in [3.63, 3.8) is 0 Å². The third kappa shape index (κ3) is 5.89. The van der Waals surface area contributed by atoms with E-state index in [2.05, 4.69) is 50.4 Å². The number of benzene rings is 2. The van der Waals surface area contributed by atoms with Gasteiger partial charge in [-0.3, -0.25) is 10.1 Å². The lowest BCUT2D eigenvalue weighted by molar-refractivity contribution is 0.100. The summed E-state index contributed by atoms with van der Waals surface area (Å²) in [6.07, 6.45) is 8.17. The maximum absolute atomic E-state index is 12.1. The van der Waals surface area contributed by atoms with Gasteiger partial charge in [0, 0.05) is 11.6 Å². The monoisotopic (exact) mass is 424 g/mol. The Morgan fingerprint density at radius 1 is 1.13 bits per heavy atom. The molecule has 1 aliphatic rings. The number of hydrogen-bond donors (Lipinski definition) is 2. The van der Waals surface area contributed by atoms with E-state index in [1.54, 1.807) is 0 Å². The second kappa shape index (κ2) is 11.0. The standard InChI is InChI=1S/C26H36N2OS/c1-4-30-26(28-19(3)16-20-11-6-5-7-12-20)21-14-15-23(25(27)29)24(17-21)22-13-9-8-10-18(22)2/h8-10,13-15,17,19-20,26,28H,4-7,11-12,16H2,1-3H3,(H2,27,29). The molecule has 0 aromatic heterocycles. The Morgan fingerprint density at radius 3 is 2.53 bits per heavy atom. The zero-order chi connectivity index (χ0) is 21.5. The molecular formula is C26H36N2OS. The second-order valence-electron chi connectivity index (χ2n) is 8.63. The lowest BCUT2D eigenvalue weighted by atomic mass is 9.85. The van der Waals surface area contributed by atoms with E-state index in [0.717, 1.165) is 28.4 Å². The minimum atomic E-state index is -0.377. The van der Waals surface area contributed by atoms with Crippen LogP contribution < -0.4 is 11.1 Å². The van der Waals surface area contributed by atoms with Crippen molar-refractivity contribution in [3.05, 3.63) is 59.2 Å². The molecule has 3 N–H and O–H groups in total. The molecule has 2 aromatic carbocycles. The largest absolute Gasteiger partial charge is 0.366 e. The first-order valence-corrected chi connectivity index (χ1v) is 12.4. The van der Waals surface area contributed by atoms with Crippen LogP contribution in [0.25, 0.3) is 11.1 Å². The molecule has 1 fully saturated rings. The van der Waals surface area contributed by atoms with Crippen LogP contribution in [0.2, 0.25) is 0 Å². The van der Waals surface area contributed by atoms with Crippen LogP contribution in [0.3, 0.4) is 0 Å². The van der Waals surface area contributed by atoms with Gasteiger partial charge in [0.1, 0.15) is 0 Å². The Morgan fingerprint density at radius 2 is 1.87 bits per heavy atom. The summed E-state index contributed by atoms with van der Waals surface area (Å²) in [4.78, 5) is 12.1. The molecule has 0 heterocycles. The molecule has 4 heteroatoms. The number of nitrogens with one attached hydrogen (secondary N) is 1. The van der Waals surface area contributed by atoms with Crippen molar-refractivity contribution in [2.75, 3.05) is 5.75 Å². The molecule has 1 amide bonds. The van der Waals surface area contributed by atoms with Crippen molar-refractivity contribution >= 4 is 17.7 Å². The Labute approximate surface area is 186 Å². The molecule has 2 aromatic rings. The van der Waals surface area contributed by atoms with Crippen LogP contribution in [0.4, 0.5) is 0 Å². The van der Waals surface area contributed by atoms with Gasteiger partial charge in [0.2, 0.25) is 5.91 Å². The van der Waals surface area contributed by atoms with Crippen LogP contribution in [-0.2, 0) is 0 Å². The van der Waals surface area contributed by atoms with Gasteiger partial charge in [0.15, 0.2) is 0 Å². The minimum absolute atomic E-state index is 0.207. The molecule has 0 saturated heterocycles. The topological polar surface area (TPSA) is 55.1 Å². The Hall–Kier alpha value is -1.78. The number of carbonyl (C=O) groups is 1. The van der Waals surface area contributed by atoms with Crippen molar-refractivity contribution in [2.24, 2.45) is 11.7 Å². The van der Waals surface area contributed by atoms with Crippen LogP contribution in [0.5, 0.6) is 0 Å². The van der Waals surface area contributed by atoms with Crippen LogP contribution in [0.1, 0.15) is 79.2 Å². The molecule has 162 valence electrons. The molecule has 0 spiro atoms. The predicted molar refractivity (Wildman–Crippen MR) is 130 cm³/mol. The average Bonchev–Trinajstić information content (AvgIpc) is 2.74. The molecule has 1 aliphatic carbocycles. The zero-order valence-corrected chi connectivity index (χ0v) is 19.4. The summed E-state index contributed by atoms with van der Waals surface area (Å²) in [7, 11) is 0. The van der Waals surface area contributed by atoms with Gasteiger partial charge in [-0.1, -0.05) is 69.4 Å². The Bertz CT molecular complexity index is 845. The summed E-state index contributed by atoms with van der Waals surface area (Å²) in [6.45, 7) is 6.60. The number of thioether (sulfide) groups is 1. The lowest BCUT2D eigenvalue weighted by Gasteiger charge is -2.28. The maximum atomic E-state index is 12.1. The lowest BCUT2D eigenvalue weighted by Crippen LogP contribution is -2.31. The van der Waals surface area contributed by atoms with E-state index in [1.165, 1.54) is 44.1 Å². The third-order valence-corrected chi connectivity index (χ3v) is 7.30. The number of rotatable bonds is 9. The Balaban J connectivity index is 1.86. The van der Waals surface area contributed by atoms with Crippen LogP contribution >= 0.6 is 11.8 Å². The van der Waals surface area contributed by atoms with E-state index >= 15 is 0 Å². The Kier molecular flexibility index (Phi) is 8.41. The molecule has 0 bridgehead atoms. The first-order valence-electron chi connectivity index (χ1n) is 11.4. The molecule has 2 atom stereocenters. The average molecular weight is 425 g/mol. The van der Waals surface area contributed by atoms with Crippen LogP contribution in [-0.4, -0.2) is 17.7 Å². The van der Waals surface area contributed by atoms with Crippen molar-refractivity contribution in [1.29, 1.82) is 0 Å². The quantitative estimate of drug-likeness (QED) is 0.454. The van der Waals surface area contributed by atoms with Crippen LogP contribution in [0, 0.1) is 12.8 Å². The minimum Gasteiger partial charge on any atom is -0.366 e. The highest BCUT2D eigenvalue weighted by Gasteiger charge is 2.21. The number of carbonyl (C=O) groups excluding carboxylic acids is 1. The summed E-state index contributed by atoms with van der Waals surface area (Å²) in [5.74, 6) is 1.51. The van der Waals surface area contributed by atoms with Gasteiger partial charge in [0.25, 0.3) is 0 Å². The number of nitrogens with two attached hydrogens (primary N) is 1. The van der Waals surface area contributed by atoms with Gasteiger partial charge < -0.3 is 5.73 Å². The second-order valence-corrected chi connectivity index (χ2v) is 10.0. The molecular weight excluding hydrogens is 388 g/mol.